The van der Waals surface area contributed by atoms with E-state index in [-0.39, 0.29) is 12.3 Å². The molecule has 4 fully saturated rings. The third-order valence-corrected chi connectivity index (χ3v) is 9.19. The van der Waals surface area contributed by atoms with E-state index in [4.69, 9.17) is 14.2 Å². The summed E-state index contributed by atoms with van der Waals surface area (Å²) in [6.07, 6.45) is -1.52. The van der Waals surface area contributed by atoms with Crippen molar-refractivity contribution in [3.05, 3.63) is 0 Å². The number of rotatable bonds is 7. The molecule has 1 heterocycles. The van der Waals surface area contributed by atoms with Gasteiger partial charge in [0.25, 0.3) is 0 Å². The molecule has 0 aromatic heterocycles. The van der Waals surface area contributed by atoms with E-state index in [1.807, 2.05) is 6.92 Å². The van der Waals surface area contributed by atoms with Gasteiger partial charge >= 0.3 is 24.1 Å². The van der Waals surface area contributed by atoms with Crippen LogP contribution in [0.5, 0.6) is 0 Å². The van der Waals surface area contributed by atoms with Gasteiger partial charge in [0, 0.05) is 11.8 Å². The van der Waals surface area contributed by atoms with Gasteiger partial charge in [-0.1, -0.05) is 20.8 Å². The summed E-state index contributed by atoms with van der Waals surface area (Å²) in [5.74, 6) is -5.01. The van der Waals surface area contributed by atoms with Gasteiger partial charge in [0.1, 0.15) is 11.7 Å². The van der Waals surface area contributed by atoms with Crippen LogP contribution in [0.1, 0.15) is 79.1 Å². The number of carbonyl (C=O) groups excluding carboxylic acids is 3. The predicted molar refractivity (Wildman–Crippen MR) is 110 cm³/mol. The van der Waals surface area contributed by atoms with Crippen LogP contribution in [0.3, 0.4) is 0 Å². The highest BCUT2D eigenvalue weighted by atomic mass is 19.4. The SMILES string of the molecule is CCC1(OC(=O)C2C3C(=O)OC4C3CC2C4(CC)OC(=O)C(C)(CC)C(F)(F)F)CCCC1. The summed E-state index contributed by atoms with van der Waals surface area (Å²) in [6, 6.07) is 0. The molecule has 3 saturated carbocycles. The van der Waals surface area contributed by atoms with Gasteiger partial charge in [-0.2, -0.15) is 13.2 Å². The molecule has 1 saturated heterocycles. The first-order valence-corrected chi connectivity index (χ1v) is 12.1. The summed E-state index contributed by atoms with van der Waals surface area (Å²) in [5.41, 5.74) is -4.72. The third-order valence-electron chi connectivity index (χ3n) is 9.19. The zero-order chi connectivity index (χ0) is 24.4. The van der Waals surface area contributed by atoms with Crippen molar-refractivity contribution in [1.82, 2.24) is 0 Å². The number of hydrogen-bond donors (Lipinski definition) is 0. The summed E-state index contributed by atoms with van der Waals surface area (Å²) in [5, 5.41) is 0. The van der Waals surface area contributed by atoms with Gasteiger partial charge in [0.15, 0.2) is 11.0 Å². The van der Waals surface area contributed by atoms with Gasteiger partial charge in [-0.25, -0.2) is 0 Å². The first kappa shape index (κ1) is 24.3. The van der Waals surface area contributed by atoms with Crippen molar-refractivity contribution in [3.8, 4) is 0 Å². The molecule has 2 bridgehead atoms. The average Bonchev–Trinajstić information content (AvgIpc) is 3.50. The molecule has 4 rings (SSSR count). The lowest BCUT2D eigenvalue weighted by molar-refractivity contribution is -0.247. The molecule has 186 valence electrons. The molecule has 0 N–H and O–H groups in total. The molecule has 33 heavy (non-hydrogen) atoms. The highest BCUT2D eigenvalue weighted by molar-refractivity contribution is 5.87. The summed E-state index contributed by atoms with van der Waals surface area (Å²) >= 11 is 0. The molecule has 0 spiro atoms. The second-order valence-corrected chi connectivity index (χ2v) is 10.5. The maximum Gasteiger partial charge on any atom is 0.404 e. The fourth-order valence-electron chi connectivity index (χ4n) is 6.76. The van der Waals surface area contributed by atoms with Gasteiger partial charge in [0.2, 0.25) is 0 Å². The van der Waals surface area contributed by atoms with Gasteiger partial charge in [-0.15, -0.1) is 0 Å². The van der Waals surface area contributed by atoms with Gasteiger partial charge in [0.05, 0.1) is 11.8 Å². The van der Waals surface area contributed by atoms with Gasteiger partial charge in [-0.05, 0) is 58.3 Å². The standard InChI is InChI=1S/C24H33F3O6/c1-5-21(4,24(25,26)27)20(30)33-23(7-3)14-12-13-15(18(28)31-17(13)23)16(14)19(29)32-22(6-2)10-8-9-11-22/h13-17H,5-12H2,1-4H3. The van der Waals surface area contributed by atoms with Crippen LogP contribution in [0.4, 0.5) is 13.2 Å². The molecule has 1 aliphatic heterocycles. The smallest absolute Gasteiger partial charge is 0.404 e. The number of halogens is 3. The van der Waals surface area contributed by atoms with E-state index in [1.54, 1.807) is 6.92 Å². The summed E-state index contributed by atoms with van der Waals surface area (Å²) in [6.45, 7) is 5.76. The van der Waals surface area contributed by atoms with Crippen LogP contribution < -0.4 is 0 Å². The Morgan fingerprint density at radius 3 is 2.24 bits per heavy atom. The van der Waals surface area contributed by atoms with E-state index in [9.17, 15) is 27.6 Å². The van der Waals surface area contributed by atoms with Crippen LogP contribution >= 0.6 is 0 Å². The maximum atomic E-state index is 13.7. The molecule has 0 amide bonds. The Bertz CT molecular complexity index is 835. The molecule has 3 aliphatic carbocycles. The minimum atomic E-state index is -4.80. The summed E-state index contributed by atoms with van der Waals surface area (Å²) in [4.78, 5) is 39.1. The van der Waals surface area contributed by atoms with E-state index in [0.717, 1.165) is 32.6 Å². The zero-order valence-corrected chi connectivity index (χ0v) is 19.6. The number of carbonyl (C=O) groups is 3. The van der Waals surface area contributed by atoms with Crippen molar-refractivity contribution in [3.63, 3.8) is 0 Å². The van der Waals surface area contributed by atoms with Crippen molar-refractivity contribution >= 4 is 17.9 Å². The summed E-state index contributed by atoms with van der Waals surface area (Å²) in [7, 11) is 0. The zero-order valence-electron chi connectivity index (χ0n) is 19.6. The van der Waals surface area contributed by atoms with Crippen LogP contribution in [-0.4, -0.2) is 41.4 Å². The predicted octanol–water partition coefficient (Wildman–Crippen LogP) is 4.73. The second-order valence-electron chi connectivity index (χ2n) is 10.5. The first-order chi connectivity index (χ1) is 15.4. The van der Waals surface area contributed by atoms with Crippen LogP contribution in [0.15, 0.2) is 0 Å². The molecule has 9 heteroatoms. The van der Waals surface area contributed by atoms with Crippen LogP contribution in [0.2, 0.25) is 0 Å². The molecule has 6 nitrogen and oxygen atoms in total. The number of esters is 3. The van der Waals surface area contributed by atoms with E-state index >= 15 is 0 Å². The Kier molecular flexibility index (Phi) is 5.80. The average molecular weight is 475 g/mol. The lowest BCUT2D eigenvalue weighted by Gasteiger charge is -2.44. The van der Waals surface area contributed by atoms with Crippen molar-refractivity contribution < 1.29 is 41.8 Å². The summed E-state index contributed by atoms with van der Waals surface area (Å²) < 4.78 is 58.5. The fraction of sp³-hybridized carbons (Fsp3) is 0.875. The highest BCUT2D eigenvalue weighted by Gasteiger charge is 2.77. The first-order valence-electron chi connectivity index (χ1n) is 12.1. The molecule has 7 atom stereocenters. The van der Waals surface area contributed by atoms with Crippen molar-refractivity contribution in [2.75, 3.05) is 0 Å². The number of ether oxygens (including phenoxy) is 3. The highest BCUT2D eigenvalue weighted by Crippen LogP contribution is 2.65. The number of fused-ring (bicyclic) bond motifs is 1. The minimum Gasteiger partial charge on any atom is -0.459 e. The maximum absolute atomic E-state index is 13.7. The second kappa shape index (κ2) is 7.87. The normalized spacial score (nSPS) is 38.2. The van der Waals surface area contributed by atoms with Crippen LogP contribution in [0.25, 0.3) is 0 Å². The molecule has 0 radical (unpaired) electrons. The van der Waals surface area contributed by atoms with Crippen LogP contribution in [0, 0.1) is 29.1 Å². The Labute approximate surface area is 191 Å². The van der Waals surface area contributed by atoms with Crippen molar-refractivity contribution in [2.24, 2.45) is 29.1 Å². The number of alkyl halides is 3. The monoisotopic (exact) mass is 474 g/mol. The van der Waals surface area contributed by atoms with E-state index in [0.29, 0.717) is 12.8 Å². The topological polar surface area (TPSA) is 78.9 Å². The van der Waals surface area contributed by atoms with Crippen LogP contribution in [-0.2, 0) is 28.6 Å². The minimum absolute atomic E-state index is 0.144. The fourth-order valence-corrected chi connectivity index (χ4v) is 6.76. The van der Waals surface area contributed by atoms with E-state index < -0.39 is 71.0 Å². The van der Waals surface area contributed by atoms with E-state index in [1.165, 1.54) is 6.92 Å². The lowest BCUT2D eigenvalue weighted by Crippen LogP contribution is -2.57. The largest absolute Gasteiger partial charge is 0.459 e. The Hall–Kier alpha value is -1.80. The van der Waals surface area contributed by atoms with Crippen molar-refractivity contribution in [1.29, 1.82) is 0 Å². The Balaban J connectivity index is 1.66. The van der Waals surface area contributed by atoms with Gasteiger partial charge < -0.3 is 14.2 Å². The quantitative estimate of drug-likeness (QED) is 0.392. The Morgan fingerprint density at radius 1 is 1.09 bits per heavy atom. The van der Waals surface area contributed by atoms with Crippen molar-refractivity contribution in [2.45, 2.75) is 103 Å². The number of hydrogen-bond acceptors (Lipinski definition) is 6. The molecule has 0 aromatic rings. The molecular weight excluding hydrogens is 441 g/mol. The Morgan fingerprint density at radius 2 is 1.73 bits per heavy atom. The van der Waals surface area contributed by atoms with Gasteiger partial charge in [-0.3, -0.25) is 14.4 Å². The third kappa shape index (κ3) is 3.31. The lowest BCUT2D eigenvalue weighted by atomic mass is 9.70. The molecule has 7 unspecified atom stereocenters. The molecule has 4 aliphatic rings. The molecule has 0 aromatic carbocycles. The molecular formula is C24H33F3O6. The van der Waals surface area contributed by atoms with E-state index in [2.05, 4.69) is 0 Å².